The molecule has 0 saturated carbocycles. The summed E-state index contributed by atoms with van der Waals surface area (Å²) in [6.45, 7) is 2.31. The molecule has 1 aliphatic rings. The molecular weight excluding hydrogens is 214 g/mol. The molecule has 3 nitrogen and oxygen atoms in total. The van der Waals surface area contributed by atoms with Gasteiger partial charge in [0.2, 0.25) is 5.91 Å². The average Bonchev–Trinajstić information content (AvgIpc) is 2.67. The first-order chi connectivity index (χ1) is 8.16. The van der Waals surface area contributed by atoms with E-state index in [2.05, 4.69) is 12.1 Å². The zero-order valence-electron chi connectivity index (χ0n) is 10.1. The van der Waals surface area contributed by atoms with Crippen LogP contribution < -0.4 is 0 Å². The lowest BCUT2D eigenvalue weighted by molar-refractivity contribution is -0.129. The van der Waals surface area contributed by atoms with Crippen LogP contribution in [0, 0.1) is 0 Å². The fourth-order valence-corrected chi connectivity index (χ4v) is 2.18. The van der Waals surface area contributed by atoms with Crippen LogP contribution in [0.1, 0.15) is 25.3 Å². The number of amides is 1. The molecule has 2 rings (SSSR count). The van der Waals surface area contributed by atoms with E-state index in [1.807, 2.05) is 25.1 Å². The number of aryl methyl sites for hydroxylation is 1. The van der Waals surface area contributed by atoms with Crippen molar-refractivity contribution in [2.45, 2.75) is 32.2 Å². The van der Waals surface area contributed by atoms with Crippen LogP contribution >= 0.6 is 0 Å². The number of ketones is 1. The van der Waals surface area contributed by atoms with E-state index < -0.39 is 0 Å². The molecule has 0 N–H and O–H groups in total. The van der Waals surface area contributed by atoms with E-state index in [1.54, 1.807) is 4.90 Å². The largest absolute Gasteiger partial charge is 0.332 e. The van der Waals surface area contributed by atoms with Crippen molar-refractivity contribution in [3.63, 3.8) is 0 Å². The second kappa shape index (κ2) is 5.13. The third-order valence-corrected chi connectivity index (χ3v) is 3.24. The number of carbonyl (C=O) groups excluding carboxylic acids is 2. The molecule has 1 heterocycles. The molecule has 1 atom stereocenters. The zero-order chi connectivity index (χ0) is 12.3. The molecule has 0 aromatic heterocycles. The van der Waals surface area contributed by atoms with Crippen molar-refractivity contribution in [1.29, 1.82) is 0 Å². The first kappa shape index (κ1) is 11.8. The average molecular weight is 231 g/mol. The van der Waals surface area contributed by atoms with E-state index in [-0.39, 0.29) is 24.2 Å². The Kier molecular flexibility index (Phi) is 3.57. The van der Waals surface area contributed by atoms with E-state index >= 15 is 0 Å². The van der Waals surface area contributed by atoms with Crippen LogP contribution in [-0.2, 0) is 16.0 Å². The number of hydrogen-bond donors (Lipinski definition) is 0. The van der Waals surface area contributed by atoms with Crippen molar-refractivity contribution in [1.82, 2.24) is 4.90 Å². The lowest BCUT2D eigenvalue weighted by atomic mass is 10.1. The number of rotatable bonds is 4. The van der Waals surface area contributed by atoms with E-state index in [1.165, 1.54) is 5.56 Å². The van der Waals surface area contributed by atoms with Gasteiger partial charge < -0.3 is 4.90 Å². The van der Waals surface area contributed by atoms with Crippen molar-refractivity contribution in [2.75, 3.05) is 6.54 Å². The van der Waals surface area contributed by atoms with Crippen LogP contribution in [0.4, 0.5) is 0 Å². The molecule has 1 amide bonds. The maximum Gasteiger partial charge on any atom is 0.230 e. The Labute approximate surface area is 101 Å². The van der Waals surface area contributed by atoms with Gasteiger partial charge in [0.15, 0.2) is 5.78 Å². The predicted octanol–water partition coefficient (Wildman–Crippen LogP) is 1.81. The standard InChI is InChI=1S/C14H17NO2/c1-11(15-10-13(16)9-14(15)17)7-8-12-5-3-2-4-6-12/h2-6,11H,7-10H2,1H3. The highest BCUT2D eigenvalue weighted by molar-refractivity contribution is 6.05. The summed E-state index contributed by atoms with van der Waals surface area (Å²) in [6.07, 6.45) is 1.94. The monoisotopic (exact) mass is 231 g/mol. The van der Waals surface area contributed by atoms with E-state index in [9.17, 15) is 9.59 Å². The quantitative estimate of drug-likeness (QED) is 0.741. The third-order valence-electron chi connectivity index (χ3n) is 3.24. The zero-order valence-corrected chi connectivity index (χ0v) is 10.1. The lowest BCUT2D eigenvalue weighted by Gasteiger charge is -2.23. The number of benzene rings is 1. The number of carbonyl (C=O) groups is 2. The van der Waals surface area contributed by atoms with E-state index in [0.29, 0.717) is 6.54 Å². The van der Waals surface area contributed by atoms with Gasteiger partial charge in [-0.25, -0.2) is 0 Å². The first-order valence-corrected chi connectivity index (χ1v) is 6.02. The molecule has 0 radical (unpaired) electrons. The van der Waals surface area contributed by atoms with Crippen molar-refractivity contribution in [2.24, 2.45) is 0 Å². The van der Waals surface area contributed by atoms with Crippen molar-refractivity contribution in [3.05, 3.63) is 35.9 Å². The van der Waals surface area contributed by atoms with Gasteiger partial charge in [-0.2, -0.15) is 0 Å². The minimum Gasteiger partial charge on any atom is -0.332 e. The molecule has 1 aromatic rings. The van der Waals surface area contributed by atoms with Gasteiger partial charge in [0.05, 0.1) is 13.0 Å². The first-order valence-electron chi connectivity index (χ1n) is 6.02. The van der Waals surface area contributed by atoms with Crippen LogP contribution in [0.2, 0.25) is 0 Å². The van der Waals surface area contributed by atoms with Gasteiger partial charge >= 0.3 is 0 Å². The van der Waals surface area contributed by atoms with Crippen LogP contribution in [0.25, 0.3) is 0 Å². The Balaban J connectivity index is 1.87. The highest BCUT2D eigenvalue weighted by Crippen LogP contribution is 2.15. The number of Topliss-reactive ketones (excluding diaryl/α,β-unsaturated/α-hetero) is 1. The summed E-state index contributed by atoms with van der Waals surface area (Å²) in [5, 5.41) is 0. The molecule has 1 saturated heterocycles. The maximum absolute atomic E-state index is 11.5. The Hall–Kier alpha value is -1.64. The van der Waals surface area contributed by atoms with Gasteiger partial charge in [0, 0.05) is 6.04 Å². The summed E-state index contributed by atoms with van der Waals surface area (Å²) in [5.41, 5.74) is 1.28. The Morgan fingerprint density at radius 3 is 2.53 bits per heavy atom. The summed E-state index contributed by atoms with van der Waals surface area (Å²) in [4.78, 5) is 24.4. The normalized spacial score (nSPS) is 17.6. The summed E-state index contributed by atoms with van der Waals surface area (Å²) < 4.78 is 0. The van der Waals surface area contributed by atoms with Gasteiger partial charge in [-0.3, -0.25) is 9.59 Å². The molecule has 90 valence electrons. The molecule has 17 heavy (non-hydrogen) atoms. The molecular formula is C14H17NO2. The molecule has 3 heteroatoms. The Morgan fingerprint density at radius 1 is 1.24 bits per heavy atom. The van der Waals surface area contributed by atoms with E-state index in [4.69, 9.17) is 0 Å². The fraction of sp³-hybridized carbons (Fsp3) is 0.429. The number of likely N-dealkylation sites (tertiary alicyclic amines) is 1. The van der Waals surface area contributed by atoms with Gasteiger partial charge in [-0.1, -0.05) is 30.3 Å². The van der Waals surface area contributed by atoms with Crippen molar-refractivity contribution >= 4 is 11.7 Å². The summed E-state index contributed by atoms with van der Waals surface area (Å²) in [6, 6.07) is 10.4. The predicted molar refractivity (Wildman–Crippen MR) is 65.6 cm³/mol. The van der Waals surface area contributed by atoms with Crippen molar-refractivity contribution in [3.8, 4) is 0 Å². The fourth-order valence-electron chi connectivity index (χ4n) is 2.18. The van der Waals surface area contributed by atoms with Crippen LogP contribution in [0.3, 0.4) is 0 Å². The third kappa shape index (κ3) is 2.93. The lowest BCUT2D eigenvalue weighted by Crippen LogP contribution is -2.34. The Bertz CT molecular complexity index is 413. The van der Waals surface area contributed by atoms with E-state index in [0.717, 1.165) is 12.8 Å². The summed E-state index contributed by atoms with van der Waals surface area (Å²) in [7, 11) is 0. The molecule has 0 bridgehead atoms. The van der Waals surface area contributed by atoms with Crippen molar-refractivity contribution < 1.29 is 9.59 Å². The van der Waals surface area contributed by atoms with Gasteiger partial charge in [-0.15, -0.1) is 0 Å². The molecule has 1 aliphatic heterocycles. The molecule has 1 unspecified atom stereocenters. The highest BCUT2D eigenvalue weighted by Gasteiger charge is 2.30. The van der Waals surface area contributed by atoms with Gasteiger partial charge in [-0.05, 0) is 25.3 Å². The second-order valence-corrected chi connectivity index (χ2v) is 4.61. The smallest absolute Gasteiger partial charge is 0.230 e. The summed E-state index contributed by atoms with van der Waals surface area (Å²) >= 11 is 0. The summed E-state index contributed by atoms with van der Waals surface area (Å²) in [5.74, 6) is 0.0251. The SMILES string of the molecule is CC(CCc1ccccc1)N1CC(=O)CC1=O. The van der Waals surface area contributed by atoms with Gasteiger partial charge in [0.1, 0.15) is 0 Å². The van der Waals surface area contributed by atoms with Crippen LogP contribution in [0.5, 0.6) is 0 Å². The molecule has 1 fully saturated rings. The number of hydrogen-bond acceptors (Lipinski definition) is 2. The second-order valence-electron chi connectivity index (χ2n) is 4.61. The number of nitrogens with zero attached hydrogens (tertiary/aromatic N) is 1. The molecule has 0 aliphatic carbocycles. The topological polar surface area (TPSA) is 37.4 Å². The molecule has 0 spiro atoms. The maximum atomic E-state index is 11.5. The minimum atomic E-state index is -0.0180. The van der Waals surface area contributed by atoms with Crippen LogP contribution in [-0.4, -0.2) is 29.2 Å². The molecule has 1 aromatic carbocycles. The minimum absolute atomic E-state index is 0.0180. The van der Waals surface area contributed by atoms with Crippen LogP contribution in [0.15, 0.2) is 30.3 Å². The highest BCUT2D eigenvalue weighted by atomic mass is 16.2. The Morgan fingerprint density at radius 2 is 1.94 bits per heavy atom. The van der Waals surface area contributed by atoms with Gasteiger partial charge in [0.25, 0.3) is 0 Å².